The maximum absolute atomic E-state index is 5.87. The highest BCUT2D eigenvalue weighted by atomic mass is 16.5. The van der Waals surface area contributed by atoms with Crippen molar-refractivity contribution >= 4 is 5.82 Å². The quantitative estimate of drug-likeness (QED) is 0.658. The summed E-state index contributed by atoms with van der Waals surface area (Å²) in [4.78, 5) is 0. The standard InChI is InChI=1S/C23H27N3O3/c1-4-29-20-11-6-5-10-19(20)26-23-18(9-7-8-14-24-23)22(25-26)17-13-12-16(27-2)15-21(17)28-3/h5-6,10-13,15,24H,4,7-9,14H2,1-3H3. The van der Waals surface area contributed by atoms with Gasteiger partial charge in [-0.15, -0.1) is 0 Å². The van der Waals surface area contributed by atoms with Crippen LogP contribution < -0.4 is 19.5 Å². The Morgan fingerprint density at radius 1 is 1.03 bits per heavy atom. The predicted octanol–water partition coefficient (Wildman–Crippen LogP) is 4.70. The zero-order valence-electron chi connectivity index (χ0n) is 17.2. The highest BCUT2D eigenvalue weighted by Gasteiger charge is 2.25. The summed E-state index contributed by atoms with van der Waals surface area (Å²) in [6.07, 6.45) is 3.20. The first-order valence-electron chi connectivity index (χ1n) is 10.1. The molecule has 2 heterocycles. The minimum Gasteiger partial charge on any atom is -0.497 e. The zero-order chi connectivity index (χ0) is 20.2. The zero-order valence-corrected chi connectivity index (χ0v) is 17.2. The second kappa shape index (κ2) is 8.47. The lowest BCUT2D eigenvalue weighted by Gasteiger charge is -2.13. The van der Waals surface area contributed by atoms with Crippen LogP contribution in [-0.4, -0.2) is 37.2 Å². The van der Waals surface area contributed by atoms with Crippen LogP contribution in [0.2, 0.25) is 0 Å². The van der Waals surface area contributed by atoms with Crippen LogP contribution in [0.25, 0.3) is 16.9 Å². The fourth-order valence-corrected chi connectivity index (χ4v) is 3.80. The van der Waals surface area contributed by atoms with Gasteiger partial charge >= 0.3 is 0 Å². The van der Waals surface area contributed by atoms with Gasteiger partial charge in [-0.25, -0.2) is 4.68 Å². The van der Waals surface area contributed by atoms with Crippen molar-refractivity contribution in [1.29, 1.82) is 0 Å². The first-order valence-corrected chi connectivity index (χ1v) is 10.1. The molecule has 2 aromatic carbocycles. The summed E-state index contributed by atoms with van der Waals surface area (Å²) < 4.78 is 18.9. The number of anilines is 1. The normalized spacial score (nSPS) is 13.2. The Morgan fingerprint density at radius 2 is 1.90 bits per heavy atom. The molecular weight excluding hydrogens is 366 g/mol. The van der Waals surface area contributed by atoms with Crippen molar-refractivity contribution in [3.8, 4) is 34.2 Å². The van der Waals surface area contributed by atoms with E-state index in [4.69, 9.17) is 19.3 Å². The van der Waals surface area contributed by atoms with E-state index in [9.17, 15) is 0 Å². The lowest BCUT2D eigenvalue weighted by Crippen LogP contribution is -2.08. The van der Waals surface area contributed by atoms with Gasteiger partial charge in [0.15, 0.2) is 0 Å². The molecule has 1 N–H and O–H groups in total. The molecule has 0 atom stereocenters. The molecule has 0 saturated heterocycles. The molecule has 0 aliphatic carbocycles. The van der Waals surface area contributed by atoms with Crippen LogP contribution in [0.1, 0.15) is 25.3 Å². The third kappa shape index (κ3) is 3.62. The van der Waals surface area contributed by atoms with E-state index in [-0.39, 0.29) is 0 Å². The first-order chi connectivity index (χ1) is 14.3. The van der Waals surface area contributed by atoms with E-state index in [0.717, 1.165) is 65.8 Å². The summed E-state index contributed by atoms with van der Waals surface area (Å²) >= 11 is 0. The average molecular weight is 393 g/mol. The van der Waals surface area contributed by atoms with Gasteiger partial charge in [0, 0.05) is 23.7 Å². The molecule has 6 nitrogen and oxygen atoms in total. The number of benzene rings is 2. The van der Waals surface area contributed by atoms with E-state index < -0.39 is 0 Å². The SMILES string of the molecule is CCOc1ccccc1-n1nc(-c2ccc(OC)cc2OC)c2c1NCCCC2. The summed E-state index contributed by atoms with van der Waals surface area (Å²) in [5, 5.41) is 8.63. The Hall–Kier alpha value is -3.15. The van der Waals surface area contributed by atoms with Crippen molar-refractivity contribution in [2.24, 2.45) is 0 Å². The fourth-order valence-electron chi connectivity index (χ4n) is 3.80. The molecule has 0 spiro atoms. The van der Waals surface area contributed by atoms with Gasteiger partial charge in [0.2, 0.25) is 0 Å². The Bertz CT molecular complexity index is 997. The molecule has 6 heteroatoms. The number of hydrogen-bond acceptors (Lipinski definition) is 5. The number of rotatable bonds is 6. The van der Waals surface area contributed by atoms with Gasteiger partial charge in [-0.1, -0.05) is 12.1 Å². The molecule has 0 unspecified atom stereocenters. The van der Waals surface area contributed by atoms with E-state index in [0.29, 0.717) is 6.61 Å². The van der Waals surface area contributed by atoms with Gasteiger partial charge in [-0.3, -0.25) is 0 Å². The smallest absolute Gasteiger partial charge is 0.145 e. The van der Waals surface area contributed by atoms with Gasteiger partial charge < -0.3 is 19.5 Å². The second-order valence-corrected chi connectivity index (χ2v) is 6.94. The highest BCUT2D eigenvalue weighted by molar-refractivity contribution is 5.76. The topological polar surface area (TPSA) is 57.5 Å². The number of para-hydroxylation sites is 2. The van der Waals surface area contributed by atoms with E-state index >= 15 is 0 Å². The minimum atomic E-state index is 0.604. The molecule has 0 fully saturated rings. The van der Waals surface area contributed by atoms with Gasteiger partial charge in [0.25, 0.3) is 0 Å². The number of fused-ring (bicyclic) bond motifs is 1. The molecule has 1 aliphatic heterocycles. The first kappa shape index (κ1) is 19.2. The Balaban J connectivity index is 1.92. The Morgan fingerprint density at radius 3 is 2.69 bits per heavy atom. The molecular formula is C23H27N3O3. The molecule has 152 valence electrons. The number of nitrogens with one attached hydrogen (secondary N) is 1. The Labute approximate surface area is 171 Å². The van der Waals surface area contributed by atoms with Crippen LogP contribution in [0.3, 0.4) is 0 Å². The van der Waals surface area contributed by atoms with Crippen LogP contribution in [0, 0.1) is 0 Å². The van der Waals surface area contributed by atoms with Crippen molar-refractivity contribution in [3.63, 3.8) is 0 Å². The molecule has 0 radical (unpaired) electrons. The van der Waals surface area contributed by atoms with E-state index in [2.05, 4.69) is 5.32 Å². The Kier molecular flexibility index (Phi) is 5.60. The van der Waals surface area contributed by atoms with Crippen LogP contribution >= 0.6 is 0 Å². The van der Waals surface area contributed by atoms with Crippen LogP contribution in [0.15, 0.2) is 42.5 Å². The van der Waals surface area contributed by atoms with Gasteiger partial charge in [0.05, 0.1) is 20.8 Å². The summed E-state index contributed by atoms with van der Waals surface area (Å²) in [6.45, 7) is 3.52. The number of hydrogen-bond donors (Lipinski definition) is 1. The van der Waals surface area contributed by atoms with Gasteiger partial charge in [0.1, 0.15) is 34.4 Å². The molecule has 0 amide bonds. The second-order valence-electron chi connectivity index (χ2n) is 6.94. The van der Waals surface area contributed by atoms with Gasteiger partial charge in [-0.05, 0) is 50.5 Å². The molecule has 1 aliphatic rings. The highest BCUT2D eigenvalue weighted by Crippen LogP contribution is 2.40. The van der Waals surface area contributed by atoms with E-state index in [1.54, 1.807) is 14.2 Å². The number of nitrogens with zero attached hydrogens (tertiary/aromatic N) is 2. The molecule has 0 bridgehead atoms. The number of ether oxygens (including phenoxy) is 3. The van der Waals surface area contributed by atoms with Crippen LogP contribution in [0.5, 0.6) is 17.2 Å². The third-order valence-corrected chi connectivity index (χ3v) is 5.19. The third-order valence-electron chi connectivity index (χ3n) is 5.19. The molecule has 0 saturated carbocycles. The van der Waals surface area contributed by atoms with Crippen molar-refractivity contribution in [3.05, 3.63) is 48.0 Å². The average Bonchev–Trinajstić information content (AvgIpc) is 2.94. The van der Waals surface area contributed by atoms with Crippen molar-refractivity contribution < 1.29 is 14.2 Å². The van der Waals surface area contributed by atoms with Crippen molar-refractivity contribution in [2.75, 3.05) is 32.7 Å². The lowest BCUT2D eigenvalue weighted by atomic mass is 10.0. The number of methoxy groups -OCH3 is 2. The van der Waals surface area contributed by atoms with Gasteiger partial charge in [-0.2, -0.15) is 5.10 Å². The number of aromatic nitrogens is 2. The lowest BCUT2D eigenvalue weighted by molar-refractivity contribution is 0.338. The minimum absolute atomic E-state index is 0.604. The summed E-state index contributed by atoms with van der Waals surface area (Å²) in [7, 11) is 3.33. The summed E-state index contributed by atoms with van der Waals surface area (Å²) in [5.41, 5.74) is 4.03. The molecule has 29 heavy (non-hydrogen) atoms. The van der Waals surface area contributed by atoms with Crippen molar-refractivity contribution in [1.82, 2.24) is 9.78 Å². The van der Waals surface area contributed by atoms with Crippen LogP contribution in [-0.2, 0) is 6.42 Å². The van der Waals surface area contributed by atoms with E-state index in [1.807, 2.05) is 54.1 Å². The molecule has 4 rings (SSSR count). The fraction of sp³-hybridized carbons (Fsp3) is 0.348. The predicted molar refractivity (Wildman–Crippen MR) is 115 cm³/mol. The molecule has 1 aromatic heterocycles. The maximum atomic E-state index is 5.87. The van der Waals surface area contributed by atoms with Crippen molar-refractivity contribution in [2.45, 2.75) is 26.2 Å². The van der Waals surface area contributed by atoms with E-state index in [1.165, 1.54) is 5.56 Å². The summed E-state index contributed by atoms with van der Waals surface area (Å²) in [5.74, 6) is 3.36. The largest absolute Gasteiger partial charge is 0.497 e. The monoisotopic (exact) mass is 393 g/mol. The molecule has 3 aromatic rings. The summed E-state index contributed by atoms with van der Waals surface area (Å²) in [6, 6.07) is 13.9. The van der Waals surface area contributed by atoms with Crippen LogP contribution in [0.4, 0.5) is 5.82 Å². The maximum Gasteiger partial charge on any atom is 0.145 e.